The molecule has 0 aliphatic heterocycles. The van der Waals surface area contributed by atoms with E-state index in [1.165, 1.54) is 4.90 Å². The van der Waals surface area contributed by atoms with Gasteiger partial charge in [-0.3, -0.25) is 14.7 Å². The van der Waals surface area contributed by atoms with Crippen LogP contribution in [0.2, 0.25) is 0 Å². The van der Waals surface area contributed by atoms with E-state index >= 15 is 0 Å². The lowest BCUT2D eigenvalue weighted by atomic mass is 10.1. The minimum absolute atomic E-state index is 0.0305. The van der Waals surface area contributed by atoms with Crippen molar-refractivity contribution in [1.82, 2.24) is 15.1 Å². The van der Waals surface area contributed by atoms with Gasteiger partial charge >= 0.3 is 0 Å². The molecule has 0 saturated carbocycles. The number of hydrogen-bond acceptors (Lipinski definition) is 3. The summed E-state index contributed by atoms with van der Waals surface area (Å²) in [4.78, 5) is 26.1. The highest BCUT2D eigenvalue weighted by atomic mass is 16.2. The Bertz CT molecular complexity index is 883. The van der Waals surface area contributed by atoms with Crippen molar-refractivity contribution in [3.05, 3.63) is 59.8 Å². The fourth-order valence-electron chi connectivity index (χ4n) is 2.48. The Hall–Kier alpha value is -3.15. The van der Waals surface area contributed by atoms with Crippen molar-refractivity contribution in [2.24, 2.45) is 0 Å². The smallest absolute Gasteiger partial charge is 0.256 e. The molecule has 6 heteroatoms. The highest BCUT2D eigenvalue weighted by molar-refractivity contribution is 6.06. The number of amides is 2. The first-order valence-corrected chi connectivity index (χ1v) is 7.58. The topological polar surface area (TPSA) is 78.1 Å². The number of hydrogen-bond donors (Lipinski definition) is 2. The summed E-state index contributed by atoms with van der Waals surface area (Å²) >= 11 is 0. The predicted molar refractivity (Wildman–Crippen MR) is 92.9 cm³/mol. The molecule has 0 atom stereocenters. The highest BCUT2D eigenvalue weighted by Crippen LogP contribution is 2.17. The highest BCUT2D eigenvalue weighted by Gasteiger charge is 2.18. The maximum absolute atomic E-state index is 12.6. The van der Waals surface area contributed by atoms with Crippen LogP contribution in [0.15, 0.2) is 48.7 Å². The third kappa shape index (κ3) is 3.27. The van der Waals surface area contributed by atoms with E-state index in [4.69, 9.17) is 0 Å². The second-order valence-corrected chi connectivity index (χ2v) is 5.72. The molecule has 0 spiro atoms. The van der Waals surface area contributed by atoms with Gasteiger partial charge in [0.05, 0.1) is 23.8 Å². The largest absolute Gasteiger partial charge is 0.332 e. The summed E-state index contributed by atoms with van der Waals surface area (Å²) in [5.41, 5.74) is 3.00. The predicted octanol–water partition coefficient (Wildman–Crippen LogP) is 2.58. The SMILES string of the molecule is Cc1ccc(NC(=O)CN(C)C(=O)c2cccc3cn[nH]c23)cc1. The summed E-state index contributed by atoms with van der Waals surface area (Å²) in [6, 6.07) is 12.9. The number of H-pyrrole nitrogens is 1. The molecule has 0 radical (unpaired) electrons. The molecule has 3 rings (SSSR count). The van der Waals surface area contributed by atoms with Crippen molar-refractivity contribution >= 4 is 28.4 Å². The minimum Gasteiger partial charge on any atom is -0.332 e. The molecule has 0 fully saturated rings. The molecule has 2 N–H and O–H groups in total. The summed E-state index contributed by atoms with van der Waals surface area (Å²) < 4.78 is 0. The summed E-state index contributed by atoms with van der Waals surface area (Å²) in [7, 11) is 1.60. The van der Waals surface area contributed by atoms with E-state index in [1.807, 2.05) is 37.3 Å². The van der Waals surface area contributed by atoms with Crippen LogP contribution in [0, 0.1) is 6.92 Å². The van der Waals surface area contributed by atoms with Gasteiger partial charge in [-0.2, -0.15) is 5.10 Å². The molecule has 2 aromatic carbocycles. The zero-order chi connectivity index (χ0) is 17.1. The van der Waals surface area contributed by atoms with E-state index in [-0.39, 0.29) is 18.4 Å². The monoisotopic (exact) mass is 322 g/mol. The number of carbonyl (C=O) groups excluding carboxylic acids is 2. The Morgan fingerprint density at radius 1 is 1.17 bits per heavy atom. The fourth-order valence-corrected chi connectivity index (χ4v) is 2.48. The van der Waals surface area contributed by atoms with Gasteiger partial charge in [0, 0.05) is 18.1 Å². The van der Waals surface area contributed by atoms with E-state index in [0.29, 0.717) is 16.8 Å². The number of anilines is 1. The molecule has 1 heterocycles. The molecular weight excluding hydrogens is 304 g/mol. The number of aromatic nitrogens is 2. The lowest BCUT2D eigenvalue weighted by Crippen LogP contribution is -2.35. The second kappa shape index (κ2) is 6.54. The molecule has 3 aromatic rings. The summed E-state index contributed by atoms with van der Waals surface area (Å²) in [5, 5.41) is 10.4. The van der Waals surface area contributed by atoms with Crippen LogP contribution in [0.5, 0.6) is 0 Å². The van der Waals surface area contributed by atoms with Gasteiger partial charge in [0.15, 0.2) is 0 Å². The first-order chi connectivity index (χ1) is 11.5. The molecule has 24 heavy (non-hydrogen) atoms. The van der Waals surface area contributed by atoms with Gasteiger partial charge in [-0.05, 0) is 25.1 Å². The number of para-hydroxylation sites is 1. The molecule has 122 valence electrons. The average Bonchev–Trinajstić information content (AvgIpc) is 3.04. The Kier molecular flexibility index (Phi) is 4.29. The van der Waals surface area contributed by atoms with Gasteiger partial charge in [0.1, 0.15) is 0 Å². The maximum atomic E-state index is 12.6. The second-order valence-electron chi connectivity index (χ2n) is 5.72. The molecule has 0 aliphatic rings. The molecule has 0 unspecified atom stereocenters. The van der Waals surface area contributed by atoms with Gasteiger partial charge in [0.25, 0.3) is 5.91 Å². The Morgan fingerprint density at radius 3 is 2.67 bits per heavy atom. The van der Waals surface area contributed by atoms with Crippen LogP contribution in [0.25, 0.3) is 10.9 Å². The number of aryl methyl sites for hydroxylation is 1. The molecular formula is C18H18N4O2. The lowest BCUT2D eigenvalue weighted by molar-refractivity contribution is -0.116. The fraction of sp³-hybridized carbons (Fsp3) is 0.167. The van der Waals surface area contributed by atoms with Crippen molar-refractivity contribution in [2.45, 2.75) is 6.92 Å². The minimum atomic E-state index is -0.244. The number of carbonyl (C=O) groups is 2. The van der Waals surface area contributed by atoms with Crippen molar-refractivity contribution in [3.63, 3.8) is 0 Å². The van der Waals surface area contributed by atoms with Crippen LogP contribution >= 0.6 is 0 Å². The van der Waals surface area contributed by atoms with Crippen LogP contribution in [0.1, 0.15) is 15.9 Å². The van der Waals surface area contributed by atoms with E-state index in [1.54, 1.807) is 25.4 Å². The molecule has 0 saturated heterocycles. The van der Waals surface area contributed by atoms with Crippen LogP contribution in [0.4, 0.5) is 5.69 Å². The average molecular weight is 322 g/mol. The standard InChI is InChI=1S/C18H18N4O2/c1-12-6-8-14(9-7-12)20-16(23)11-22(2)18(24)15-5-3-4-13-10-19-21-17(13)15/h3-10H,11H2,1-2H3,(H,19,21)(H,20,23). The van der Waals surface area contributed by atoms with Gasteiger partial charge < -0.3 is 10.2 Å². The van der Waals surface area contributed by atoms with E-state index in [2.05, 4.69) is 15.5 Å². The van der Waals surface area contributed by atoms with Gasteiger partial charge in [0.2, 0.25) is 5.91 Å². The summed E-state index contributed by atoms with van der Waals surface area (Å²) in [6.07, 6.45) is 1.66. The van der Waals surface area contributed by atoms with E-state index < -0.39 is 0 Å². The van der Waals surface area contributed by atoms with Crippen molar-refractivity contribution in [2.75, 3.05) is 18.9 Å². The Balaban J connectivity index is 1.68. The number of nitrogens with zero attached hydrogens (tertiary/aromatic N) is 2. The van der Waals surface area contributed by atoms with Crippen LogP contribution in [0.3, 0.4) is 0 Å². The van der Waals surface area contributed by atoms with E-state index in [0.717, 1.165) is 10.9 Å². The zero-order valence-electron chi connectivity index (χ0n) is 13.5. The van der Waals surface area contributed by atoms with Crippen molar-refractivity contribution in [3.8, 4) is 0 Å². The number of fused-ring (bicyclic) bond motifs is 1. The van der Waals surface area contributed by atoms with Crippen LogP contribution < -0.4 is 5.32 Å². The Labute approximate surface area is 139 Å². The molecule has 6 nitrogen and oxygen atoms in total. The number of likely N-dealkylation sites (N-methyl/N-ethyl adjacent to an activating group) is 1. The van der Waals surface area contributed by atoms with Crippen molar-refractivity contribution in [1.29, 1.82) is 0 Å². The molecule has 2 amide bonds. The van der Waals surface area contributed by atoms with Crippen LogP contribution in [-0.2, 0) is 4.79 Å². The maximum Gasteiger partial charge on any atom is 0.256 e. The zero-order valence-corrected chi connectivity index (χ0v) is 13.5. The third-order valence-electron chi connectivity index (χ3n) is 3.77. The first-order valence-electron chi connectivity index (χ1n) is 7.58. The normalized spacial score (nSPS) is 10.6. The van der Waals surface area contributed by atoms with Crippen LogP contribution in [-0.4, -0.2) is 40.5 Å². The van der Waals surface area contributed by atoms with Crippen molar-refractivity contribution < 1.29 is 9.59 Å². The quantitative estimate of drug-likeness (QED) is 0.775. The number of nitrogens with one attached hydrogen (secondary N) is 2. The molecule has 0 aliphatic carbocycles. The summed E-state index contributed by atoms with van der Waals surface area (Å²) in [6.45, 7) is 1.95. The lowest BCUT2D eigenvalue weighted by Gasteiger charge is -2.17. The van der Waals surface area contributed by atoms with Gasteiger partial charge in [-0.15, -0.1) is 0 Å². The first kappa shape index (κ1) is 15.7. The number of benzene rings is 2. The molecule has 1 aromatic heterocycles. The molecule has 0 bridgehead atoms. The Morgan fingerprint density at radius 2 is 1.92 bits per heavy atom. The number of aromatic amines is 1. The third-order valence-corrected chi connectivity index (χ3v) is 3.77. The summed E-state index contributed by atoms with van der Waals surface area (Å²) in [5.74, 6) is -0.476. The van der Waals surface area contributed by atoms with Gasteiger partial charge in [-0.25, -0.2) is 0 Å². The number of rotatable bonds is 4. The van der Waals surface area contributed by atoms with Gasteiger partial charge in [-0.1, -0.05) is 29.8 Å². The van der Waals surface area contributed by atoms with E-state index in [9.17, 15) is 9.59 Å².